The topological polar surface area (TPSA) is 40.6 Å². The number of carbonyl (C=O) groups excluding carboxylic acids is 2. The molecule has 1 aliphatic rings. The number of carbonyl (C=O) groups is 2. The Kier molecular flexibility index (Phi) is 5.46. The minimum Gasteiger partial charge on any atom is -0.333 e. The molecule has 0 radical (unpaired) electrons. The largest absolute Gasteiger partial charge is 0.333 e. The van der Waals surface area contributed by atoms with Crippen molar-refractivity contribution in [3.05, 3.63) is 44.8 Å². The highest BCUT2D eigenvalue weighted by Gasteiger charge is 2.24. The molecule has 3 rings (SSSR count). The molecule has 0 spiro atoms. The van der Waals surface area contributed by atoms with Crippen LogP contribution in [0.3, 0.4) is 0 Å². The number of hydrogen-bond donors (Lipinski definition) is 0. The van der Waals surface area contributed by atoms with Crippen LogP contribution in [0.15, 0.2) is 35.0 Å². The first-order valence-electron chi connectivity index (χ1n) is 7.82. The molecule has 3 heterocycles. The van der Waals surface area contributed by atoms with Crippen molar-refractivity contribution in [3.8, 4) is 0 Å². The van der Waals surface area contributed by atoms with Gasteiger partial charge in [-0.15, -0.1) is 22.7 Å². The zero-order chi connectivity index (χ0) is 16.1. The maximum atomic E-state index is 12.8. The SMILES string of the molecule is O=C1CCCCN1CC(=O)N(Cc1cccs1)Cc1cccs1. The highest BCUT2D eigenvalue weighted by Crippen LogP contribution is 2.18. The lowest BCUT2D eigenvalue weighted by atomic mass is 10.1. The summed E-state index contributed by atoms with van der Waals surface area (Å²) >= 11 is 3.31. The van der Waals surface area contributed by atoms with Crippen molar-refractivity contribution in [1.82, 2.24) is 9.80 Å². The predicted molar refractivity (Wildman–Crippen MR) is 93.3 cm³/mol. The second-order valence-electron chi connectivity index (χ2n) is 5.68. The van der Waals surface area contributed by atoms with Gasteiger partial charge in [-0.1, -0.05) is 12.1 Å². The second kappa shape index (κ2) is 7.75. The third kappa shape index (κ3) is 4.42. The molecule has 23 heavy (non-hydrogen) atoms. The average molecular weight is 348 g/mol. The van der Waals surface area contributed by atoms with Crippen LogP contribution in [0.5, 0.6) is 0 Å². The van der Waals surface area contributed by atoms with Crippen molar-refractivity contribution < 1.29 is 9.59 Å². The Hall–Kier alpha value is -1.66. The molecule has 4 nitrogen and oxygen atoms in total. The first-order valence-corrected chi connectivity index (χ1v) is 9.58. The van der Waals surface area contributed by atoms with E-state index in [1.807, 2.05) is 39.9 Å². The van der Waals surface area contributed by atoms with Crippen molar-refractivity contribution in [2.45, 2.75) is 32.4 Å². The van der Waals surface area contributed by atoms with Gasteiger partial charge in [0.15, 0.2) is 0 Å². The molecule has 6 heteroatoms. The molecular formula is C17H20N2O2S2. The van der Waals surface area contributed by atoms with Crippen LogP contribution in [0, 0.1) is 0 Å². The zero-order valence-corrected chi connectivity index (χ0v) is 14.6. The molecule has 0 bridgehead atoms. The summed E-state index contributed by atoms with van der Waals surface area (Å²) in [7, 11) is 0. The smallest absolute Gasteiger partial charge is 0.242 e. The van der Waals surface area contributed by atoms with E-state index in [9.17, 15) is 9.59 Å². The van der Waals surface area contributed by atoms with E-state index < -0.39 is 0 Å². The van der Waals surface area contributed by atoms with Gasteiger partial charge in [0.25, 0.3) is 0 Å². The summed E-state index contributed by atoms with van der Waals surface area (Å²) in [4.78, 5) is 30.6. The average Bonchev–Trinajstić information content (AvgIpc) is 3.22. The molecule has 0 aliphatic carbocycles. The highest BCUT2D eigenvalue weighted by molar-refractivity contribution is 7.10. The monoisotopic (exact) mass is 348 g/mol. The van der Waals surface area contributed by atoms with Gasteiger partial charge in [0, 0.05) is 22.7 Å². The Bertz CT molecular complexity index is 601. The molecule has 0 unspecified atom stereocenters. The van der Waals surface area contributed by atoms with Gasteiger partial charge >= 0.3 is 0 Å². The Labute approximate surface area is 144 Å². The third-order valence-electron chi connectivity index (χ3n) is 3.95. The summed E-state index contributed by atoms with van der Waals surface area (Å²) in [6.45, 7) is 2.12. The van der Waals surface area contributed by atoms with Crippen molar-refractivity contribution in [2.75, 3.05) is 13.1 Å². The van der Waals surface area contributed by atoms with E-state index in [0.717, 1.165) is 12.8 Å². The summed E-state index contributed by atoms with van der Waals surface area (Å²) in [5, 5.41) is 4.05. The van der Waals surface area contributed by atoms with Crippen LogP contribution in [0.1, 0.15) is 29.0 Å². The van der Waals surface area contributed by atoms with Crippen molar-refractivity contribution in [1.29, 1.82) is 0 Å². The van der Waals surface area contributed by atoms with E-state index in [2.05, 4.69) is 0 Å². The Balaban J connectivity index is 1.68. The Morgan fingerprint density at radius 3 is 2.26 bits per heavy atom. The van der Waals surface area contributed by atoms with Crippen molar-refractivity contribution in [3.63, 3.8) is 0 Å². The fourth-order valence-corrected chi connectivity index (χ4v) is 4.14. The maximum Gasteiger partial charge on any atom is 0.242 e. The van der Waals surface area contributed by atoms with Crippen LogP contribution in [-0.2, 0) is 22.7 Å². The normalized spacial score (nSPS) is 15.0. The summed E-state index contributed by atoms with van der Waals surface area (Å²) < 4.78 is 0. The number of amides is 2. The first-order chi connectivity index (χ1) is 11.2. The summed E-state index contributed by atoms with van der Waals surface area (Å²) in [5.74, 6) is 0.138. The summed E-state index contributed by atoms with van der Waals surface area (Å²) in [5.41, 5.74) is 0. The molecule has 1 saturated heterocycles. The molecule has 0 saturated carbocycles. The molecule has 2 amide bonds. The molecule has 0 atom stereocenters. The van der Waals surface area contributed by atoms with Gasteiger partial charge in [0.1, 0.15) is 0 Å². The van der Waals surface area contributed by atoms with Crippen LogP contribution >= 0.6 is 22.7 Å². The van der Waals surface area contributed by atoms with Gasteiger partial charge in [-0.05, 0) is 35.7 Å². The van der Waals surface area contributed by atoms with E-state index in [4.69, 9.17) is 0 Å². The van der Waals surface area contributed by atoms with E-state index in [0.29, 0.717) is 26.1 Å². The van der Waals surface area contributed by atoms with Crippen LogP contribution in [-0.4, -0.2) is 34.7 Å². The van der Waals surface area contributed by atoms with Gasteiger partial charge in [0.05, 0.1) is 19.6 Å². The van der Waals surface area contributed by atoms with Gasteiger partial charge in [-0.2, -0.15) is 0 Å². The summed E-state index contributed by atoms with van der Waals surface area (Å²) in [6.07, 6.45) is 2.51. The van der Waals surface area contributed by atoms with E-state index in [1.54, 1.807) is 27.6 Å². The lowest BCUT2D eigenvalue weighted by Crippen LogP contribution is -2.44. The fourth-order valence-electron chi connectivity index (χ4n) is 2.71. The van der Waals surface area contributed by atoms with Gasteiger partial charge < -0.3 is 9.80 Å². The van der Waals surface area contributed by atoms with Crippen LogP contribution < -0.4 is 0 Å². The molecule has 1 fully saturated rings. The van der Waals surface area contributed by atoms with Crippen molar-refractivity contribution in [2.24, 2.45) is 0 Å². The number of piperidine rings is 1. The van der Waals surface area contributed by atoms with Gasteiger partial charge in [0.2, 0.25) is 11.8 Å². The van der Waals surface area contributed by atoms with E-state index in [1.165, 1.54) is 9.75 Å². The fraction of sp³-hybridized carbons (Fsp3) is 0.412. The van der Waals surface area contributed by atoms with Crippen LogP contribution in [0.2, 0.25) is 0 Å². The second-order valence-corrected chi connectivity index (χ2v) is 7.75. The molecule has 0 aromatic carbocycles. The van der Waals surface area contributed by atoms with Crippen LogP contribution in [0.25, 0.3) is 0 Å². The molecule has 2 aromatic heterocycles. The lowest BCUT2D eigenvalue weighted by molar-refractivity contribution is -0.142. The maximum absolute atomic E-state index is 12.8. The zero-order valence-electron chi connectivity index (χ0n) is 12.9. The molecular weight excluding hydrogens is 328 g/mol. The number of rotatable bonds is 6. The third-order valence-corrected chi connectivity index (χ3v) is 5.68. The van der Waals surface area contributed by atoms with Gasteiger partial charge in [-0.3, -0.25) is 9.59 Å². The van der Waals surface area contributed by atoms with E-state index in [-0.39, 0.29) is 18.4 Å². The van der Waals surface area contributed by atoms with Crippen molar-refractivity contribution >= 4 is 34.5 Å². The quantitative estimate of drug-likeness (QED) is 0.803. The Morgan fingerprint density at radius 2 is 1.74 bits per heavy atom. The highest BCUT2D eigenvalue weighted by atomic mass is 32.1. The standard InChI is InChI=1S/C17H20N2O2S2/c20-16-7-1-2-8-18(16)13-17(21)19(11-14-5-3-9-22-14)12-15-6-4-10-23-15/h3-6,9-10H,1-2,7-8,11-13H2. The molecule has 122 valence electrons. The van der Waals surface area contributed by atoms with E-state index >= 15 is 0 Å². The number of nitrogens with zero attached hydrogens (tertiary/aromatic N) is 2. The number of likely N-dealkylation sites (tertiary alicyclic amines) is 1. The molecule has 2 aromatic rings. The minimum atomic E-state index is 0.0297. The predicted octanol–water partition coefficient (Wildman–Crippen LogP) is 3.35. The first kappa shape index (κ1) is 16.2. The lowest BCUT2D eigenvalue weighted by Gasteiger charge is -2.29. The van der Waals surface area contributed by atoms with Crippen LogP contribution in [0.4, 0.5) is 0 Å². The Morgan fingerprint density at radius 1 is 1.09 bits per heavy atom. The number of thiophene rings is 2. The molecule has 0 N–H and O–H groups in total. The van der Waals surface area contributed by atoms with Gasteiger partial charge in [-0.25, -0.2) is 0 Å². The minimum absolute atomic E-state index is 0.0297. The number of hydrogen-bond acceptors (Lipinski definition) is 4. The summed E-state index contributed by atoms with van der Waals surface area (Å²) in [6, 6.07) is 8.10. The molecule has 1 aliphatic heterocycles.